The van der Waals surface area contributed by atoms with Crippen molar-refractivity contribution in [1.29, 1.82) is 0 Å². The van der Waals surface area contributed by atoms with Crippen LogP contribution in [0.25, 0.3) is 0 Å². The fourth-order valence-electron chi connectivity index (χ4n) is 1.04. The third-order valence-electron chi connectivity index (χ3n) is 1.75. The van der Waals surface area contributed by atoms with E-state index in [0.717, 1.165) is 0 Å². The summed E-state index contributed by atoms with van der Waals surface area (Å²) >= 11 is 0. The first-order valence-corrected chi connectivity index (χ1v) is 6.03. The Morgan fingerprint density at radius 2 is 1.75 bits per heavy atom. The van der Waals surface area contributed by atoms with Gasteiger partial charge in [-0.2, -0.15) is 0 Å². The Balaban J connectivity index is 4.20. The Hall–Kier alpha value is -0.0900. The van der Waals surface area contributed by atoms with Crippen LogP contribution in [0, 0.1) is 5.92 Å². The van der Waals surface area contributed by atoms with Gasteiger partial charge in [-0.15, -0.1) is 0 Å². The highest BCUT2D eigenvalue weighted by molar-refractivity contribution is 7.92. The van der Waals surface area contributed by atoms with Crippen LogP contribution in [0.1, 0.15) is 27.2 Å². The van der Waals surface area contributed by atoms with Crippen LogP contribution in [0.3, 0.4) is 0 Å². The van der Waals surface area contributed by atoms with Gasteiger partial charge in [-0.1, -0.05) is 13.8 Å². The van der Waals surface area contributed by atoms with E-state index in [0.29, 0.717) is 13.0 Å². The fraction of sp³-hybridized carbons (Fsp3) is 1.00. The second-order valence-corrected chi connectivity index (χ2v) is 6.08. The molecular weight excluding hydrogens is 174 g/mol. The van der Waals surface area contributed by atoms with Crippen molar-refractivity contribution in [2.45, 2.75) is 32.4 Å². The summed E-state index contributed by atoms with van der Waals surface area (Å²) in [6.45, 7) is 5.99. The molecule has 2 N–H and O–H groups in total. The molecule has 0 radical (unpaired) electrons. The van der Waals surface area contributed by atoms with E-state index < -0.39 is 9.84 Å². The number of rotatable bonds is 5. The van der Waals surface area contributed by atoms with E-state index in [1.807, 2.05) is 13.8 Å². The van der Waals surface area contributed by atoms with Crippen molar-refractivity contribution in [2.75, 3.05) is 12.3 Å². The van der Waals surface area contributed by atoms with Crippen molar-refractivity contribution in [3.63, 3.8) is 0 Å². The van der Waals surface area contributed by atoms with Gasteiger partial charge in [0.25, 0.3) is 0 Å². The Morgan fingerprint density at radius 1 is 1.25 bits per heavy atom. The van der Waals surface area contributed by atoms with Crippen molar-refractivity contribution in [3.8, 4) is 0 Å². The van der Waals surface area contributed by atoms with Crippen LogP contribution in [0.2, 0.25) is 0 Å². The highest BCUT2D eigenvalue weighted by atomic mass is 32.2. The van der Waals surface area contributed by atoms with Gasteiger partial charge in [-0.3, -0.25) is 0 Å². The summed E-state index contributed by atoms with van der Waals surface area (Å²) in [6, 6.07) is 0. The topological polar surface area (TPSA) is 60.2 Å². The van der Waals surface area contributed by atoms with Gasteiger partial charge in [0.15, 0.2) is 9.84 Å². The van der Waals surface area contributed by atoms with E-state index in [9.17, 15) is 8.42 Å². The van der Waals surface area contributed by atoms with Crippen LogP contribution < -0.4 is 5.73 Å². The molecule has 0 spiro atoms. The summed E-state index contributed by atoms with van der Waals surface area (Å²) in [7, 11) is -2.90. The fourth-order valence-corrected chi connectivity index (χ4v) is 2.80. The lowest BCUT2D eigenvalue weighted by Gasteiger charge is -2.13. The first-order chi connectivity index (χ1) is 5.40. The smallest absolute Gasteiger partial charge is 0.153 e. The molecule has 3 nitrogen and oxygen atoms in total. The summed E-state index contributed by atoms with van der Waals surface area (Å²) < 4.78 is 23.0. The van der Waals surface area contributed by atoms with Crippen LogP contribution in [-0.2, 0) is 9.84 Å². The summed E-state index contributed by atoms with van der Waals surface area (Å²) in [5.74, 6) is 0.476. The lowest BCUT2D eigenvalue weighted by molar-refractivity contribution is 0.565. The quantitative estimate of drug-likeness (QED) is 0.702. The maximum Gasteiger partial charge on any atom is 0.153 e. The lowest BCUT2D eigenvalue weighted by atomic mass is 10.3. The van der Waals surface area contributed by atoms with Crippen LogP contribution >= 0.6 is 0 Å². The van der Waals surface area contributed by atoms with Gasteiger partial charge in [-0.05, 0) is 25.8 Å². The van der Waals surface area contributed by atoms with Crippen molar-refractivity contribution in [3.05, 3.63) is 0 Å². The maximum atomic E-state index is 11.5. The van der Waals surface area contributed by atoms with E-state index in [2.05, 4.69) is 0 Å². The van der Waals surface area contributed by atoms with Gasteiger partial charge in [-0.25, -0.2) is 8.42 Å². The molecule has 0 aliphatic carbocycles. The Kier molecular flexibility index (Phi) is 4.78. The van der Waals surface area contributed by atoms with Gasteiger partial charge in [0, 0.05) is 0 Å². The normalized spacial score (nSPS) is 15.1. The van der Waals surface area contributed by atoms with Crippen molar-refractivity contribution >= 4 is 9.84 Å². The van der Waals surface area contributed by atoms with Gasteiger partial charge >= 0.3 is 0 Å². The van der Waals surface area contributed by atoms with Crippen molar-refractivity contribution in [1.82, 2.24) is 0 Å². The third kappa shape index (κ3) is 4.07. The average Bonchev–Trinajstić information content (AvgIpc) is 1.85. The molecule has 12 heavy (non-hydrogen) atoms. The second-order valence-electron chi connectivity index (χ2n) is 3.61. The number of sulfone groups is 1. The maximum absolute atomic E-state index is 11.5. The molecular formula is C8H19NO2S. The average molecular weight is 193 g/mol. The number of hydrogen-bond donors (Lipinski definition) is 1. The van der Waals surface area contributed by atoms with Gasteiger partial charge in [0.05, 0.1) is 11.0 Å². The lowest BCUT2D eigenvalue weighted by Crippen LogP contribution is -2.25. The number of hydrogen-bond acceptors (Lipinski definition) is 3. The van der Waals surface area contributed by atoms with Gasteiger partial charge in [0.2, 0.25) is 0 Å². The molecule has 0 aliphatic heterocycles. The summed E-state index contributed by atoms with van der Waals surface area (Å²) in [6.07, 6.45) is 0.565. The molecule has 74 valence electrons. The summed E-state index contributed by atoms with van der Waals surface area (Å²) in [5, 5.41) is -0.287. The predicted molar refractivity (Wildman–Crippen MR) is 51.8 cm³/mol. The van der Waals surface area contributed by atoms with Crippen LogP contribution in [0.15, 0.2) is 0 Å². The molecule has 0 bridgehead atoms. The molecule has 0 aromatic carbocycles. The van der Waals surface area contributed by atoms with E-state index in [1.165, 1.54) is 0 Å². The van der Waals surface area contributed by atoms with Crippen LogP contribution in [-0.4, -0.2) is 26.0 Å². The SMILES string of the molecule is CC(C)CS(=O)(=O)C(C)CCN. The largest absolute Gasteiger partial charge is 0.330 e. The zero-order valence-corrected chi connectivity index (χ0v) is 8.89. The third-order valence-corrected chi connectivity index (χ3v) is 4.34. The monoisotopic (exact) mass is 193 g/mol. The standard InChI is InChI=1S/C8H19NO2S/c1-7(2)6-12(10,11)8(3)4-5-9/h7-8H,4-6,9H2,1-3H3. The number of nitrogens with two attached hydrogens (primary N) is 1. The molecule has 0 heterocycles. The first kappa shape index (κ1) is 11.9. The Bertz CT molecular complexity index is 209. The first-order valence-electron chi connectivity index (χ1n) is 4.31. The molecule has 1 atom stereocenters. The highest BCUT2D eigenvalue weighted by Gasteiger charge is 2.20. The molecule has 0 aromatic heterocycles. The van der Waals surface area contributed by atoms with E-state index in [4.69, 9.17) is 5.73 Å². The zero-order valence-electron chi connectivity index (χ0n) is 8.08. The molecule has 0 aromatic rings. The van der Waals surface area contributed by atoms with Crippen molar-refractivity contribution in [2.24, 2.45) is 11.7 Å². The predicted octanol–water partition coefficient (Wildman–Crippen LogP) is 0.794. The minimum Gasteiger partial charge on any atom is -0.330 e. The van der Waals surface area contributed by atoms with Crippen molar-refractivity contribution < 1.29 is 8.42 Å². The highest BCUT2D eigenvalue weighted by Crippen LogP contribution is 2.09. The van der Waals surface area contributed by atoms with Gasteiger partial charge in [0.1, 0.15) is 0 Å². The molecule has 0 saturated heterocycles. The van der Waals surface area contributed by atoms with Gasteiger partial charge < -0.3 is 5.73 Å². The molecule has 0 saturated carbocycles. The van der Waals surface area contributed by atoms with E-state index in [-0.39, 0.29) is 16.9 Å². The molecule has 1 unspecified atom stereocenters. The molecule has 0 rings (SSSR count). The zero-order chi connectivity index (χ0) is 9.78. The molecule has 0 aliphatic rings. The molecule has 4 heteroatoms. The minimum absolute atomic E-state index is 0.204. The summed E-state index contributed by atoms with van der Waals surface area (Å²) in [4.78, 5) is 0. The van der Waals surface area contributed by atoms with E-state index in [1.54, 1.807) is 6.92 Å². The molecule has 0 amide bonds. The van der Waals surface area contributed by atoms with Crippen LogP contribution in [0.4, 0.5) is 0 Å². The minimum atomic E-state index is -2.90. The van der Waals surface area contributed by atoms with E-state index >= 15 is 0 Å². The Morgan fingerprint density at radius 3 is 2.08 bits per heavy atom. The summed E-state index contributed by atoms with van der Waals surface area (Å²) in [5.41, 5.74) is 5.29. The second kappa shape index (κ2) is 4.82. The Labute approximate surface area is 75.3 Å². The van der Waals surface area contributed by atoms with Crippen LogP contribution in [0.5, 0.6) is 0 Å². The molecule has 0 fully saturated rings.